The summed E-state index contributed by atoms with van der Waals surface area (Å²) in [5, 5.41) is 10.2. The smallest absolute Gasteiger partial charge is 0.272 e. The first-order valence-corrected chi connectivity index (χ1v) is 6.48. The van der Waals surface area contributed by atoms with Crippen molar-refractivity contribution in [2.75, 3.05) is 0 Å². The summed E-state index contributed by atoms with van der Waals surface area (Å²) >= 11 is 0. The third-order valence-electron chi connectivity index (χ3n) is 3.60. The van der Waals surface area contributed by atoms with Gasteiger partial charge in [-0.05, 0) is 38.5 Å². The number of aromatic amines is 1. The molecular weight excluding hydrogens is 214 g/mol. The van der Waals surface area contributed by atoms with Crippen LogP contribution >= 0.6 is 0 Å². The molecule has 1 aromatic rings. The summed E-state index contributed by atoms with van der Waals surface area (Å²) in [5.74, 6) is 0.612. The van der Waals surface area contributed by atoms with E-state index in [1.165, 1.54) is 6.42 Å². The summed E-state index contributed by atoms with van der Waals surface area (Å²) < 4.78 is 0. The Morgan fingerprint density at radius 1 is 1.65 bits per heavy atom. The van der Waals surface area contributed by atoms with Gasteiger partial charge in [0.15, 0.2) is 5.69 Å². The van der Waals surface area contributed by atoms with Gasteiger partial charge < -0.3 is 5.32 Å². The van der Waals surface area contributed by atoms with Crippen LogP contribution in [0.25, 0.3) is 0 Å². The molecule has 0 radical (unpaired) electrons. The van der Waals surface area contributed by atoms with Gasteiger partial charge in [0.25, 0.3) is 5.91 Å². The Labute approximate surface area is 102 Å². The predicted octanol–water partition coefficient (Wildman–Crippen LogP) is 2.06. The van der Waals surface area contributed by atoms with E-state index in [0.717, 1.165) is 30.5 Å². The molecule has 1 aromatic heterocycles. The molecule has 1 amide bonds. The number of amides is 1. The van der Waals surface area contributed by atoms with Crippen LogP contribution in [0.5, 0.6) is 0 Å². The maximum Gasteiger partial charge on any atom is 0.272 e. The first kappa shape index (κ1) is 12.1. The van der Waals surface area contributed by atoms with E-state index in [9.17, 15) is 4.79 Å². The number of H-pyrrole nitrogens is 1. The summed E-state index contributed by atoms with van der Waals surface area (Å²) in [7, 11) is 0. The Balaban J connectivity index is 2.16. The Hall–Kier alpha value is -1.32. The number of hydrogen-bond donors (Lipinski definition) is 2. The number of fused-ring (bicyclic) bond motifs is 1. The van der Waals surface area contributed by atoms with Crippen LogP contribution in [0.2, 0.25) is 0 Å². The van der Waals surface area contributed by atoms with E-state index in [4.69, 9.17) is 0 Å². The first-order valence-electron chi connectivity index (χ1n) is 6.48. The molecule has 0 bridgehead atoms. The molecule has 1 heterocycles. The molecule has 1 aliphatic rings. The van der Waals surface area contributed by atoms with Crippen molar-refractivity contribution in [3.8, 4) is 0 Å². The monoisotopic (exact) mass is 235 g/mol. The van der Waals surface area contributed by atoms with Crippen LogP contribution < -0.4 is 5.32 Å². The van der Waals surface area contributed by atoms with Gasteiger partial charge >= 0.3 is 0 Å². The maximum atomic E-state index is 12.1. The fraction of sp³-hybridized carbons (Fsp3) is 0.692. The van der Waals surface area contributed by atoms with Crippen molar-refractivity contribution in [2.24, 2.45) is 5.92 Å². The summed E-state index contributed by atoms with van der Waals surface area (Å²) in [6.07, 6.45) is 4.10. The Morgan fingerprint density at radius 3 is 3.12 bits per heavy atom. The third-order valence-corrected chi connectivity index (χ3v) is 3.60. The van der Waals surface area contributed by atoms with Crippen LogP contribution in [-0.2, 0) is 12.8 Å². The molecule has 0 aromatic carbocycles. The highest BCUT2D eigenvalue weighted by atomic mass is 16.2. The normalized spacial score (nSPS) is 20.8. The van der Waals surface area contributed by atoms with Crippen LogP contribution in [0.3, 0.4) is 0 Å². The average molecular weight is 235 g/mol. The van der Waals surface area contributed by atoms with Crippen molar-refractivity contribution in [3.63, 3.8) is 0 Å². The molecule has 0 saturated carbocycles. The fourth-order valence-corrected chi connectivity index (χ4v) is 2.25. The van der Waals surface area contributed by atoms with Crippen molar-refractivity contribution in [1.29, 1.82) is 0 Å². The second kappa shape index (κ2) is 4.90. The van der Waals surface area contributed by atoms with Crippen molar-refractivity contribution in [2.45, 2.75) is 52.5 Å². The second-order valence-corrected chi connectivity index (χ2v) is 5.16. The van der Waals surface area contributed by atoms with Crippen molar-refractivity contribution in [1.82, 2.24) is 15.5 Å². The van der Waals surface area contributed by atoms with E-state index >= 15 is 0 Å². The zero-order chi connectivity index (χ0) is 12.4. The number of aromatic nitrogens is 2. The number of nitrogens with zero attached hydrogens (tertiary/aromatic N) is 1. The third kappa shape index (κ3) is 2.51. The van der Waals surface area contributed by atoms with E-state index in [0.29, 0.717) is 11.6 Å². The maximum absolute atomic E-state index is 12.1. The van der Waals surface area contributed by atoms with Crippen LogP contribution in [0.15, 0.2) is 0 Å². The zero-order valence-corrected chi connectivity index (χ0v) is 10.8. The fourth-order valence-electron chi connectivity index (χ4n) is 2.25. The molecule has 0 unspecified atom stereocenters. The van der Waals surface area contributed by atoms with Gasteiger partial charge in [-0.25, -0.2) is 0 Å². The number of hydrogen-bond acceptors (Lipinski definition) is 2. The van der Waals surface area contributed by atoms with Gasteiger partial charge in [-0.2, -0.15) is 5.10 Å². The second-order valence-electron chi connectivity index (χ2n) is 5.16. The lowest BCUT2D eigenvalue weighted by atomic mass is 9.87. The molecule has 2 atom stereocenters. The zero-order valence-electron chi connectivity index (χ0n) is 10.8. The Bertz CT molecular complexity index is 411. The quantitative estimate of drug-likeness (QED) is 0.842. The highest BCUT2D eigenvalue weighted by Gasteiger charge is 2.24. The summed E-state index contributed by atoms with van der Waals surface area (Å²) in [4.78, 5) is 12.1. The highest BCUT2D eigenvalue weighted by Crippen LogP contribution is 2.26. The van der Waals surface area contributed by atoms with E-state index < -0.39 is 0 Å². The molecule has 0 fully saturated rings. The average Bonchev–Trinajstić information content (AvgIpc) is 2.71. The van der Waals surface area contributed by atoms with E-state index in [1.54, 1.807) is 0 Å². The van der Waals surface area contributed by atoms with Gasteiger partial charge in [0.05, 0.1) is 0 Å². The lowest BCUT2D eigenvalue weighted by molar-refractivity contribution is 0.0933. The Morgan fingerprint density at radius 2 is 2.41 bits per heavy atom. The number of rotatable bonds is 3. The van der Waals surface area contributed by atoms with Crippen LogP contribution in [0.4, 0.5) is 0 Å². The van der Waals surface area contributed by atoms with Crippen LogP contribution in [0.1, 0.15) is 55.4 Å². The van der Waals surface area contributed by atoms with Gasteiger partial charge in [-0.1, -0.05) is 13.8 Å². The van der Waals surface area contributed by atoms with Crippen molar-refractivity contribution in [3.05, 3.63) is 17.0 Å². The molecule has 0 saturated heterocycles. The minimum atomic E-state index is -0.0362. The van der Waals surface area contributed by atoms with Gasteiger partial charge in [-0.15, -0.1) is 0 Å². The molecule has 17 heavy (non-hydrogen) atoms. The summed E-state index contributed by atoms with van der Waals surface area (Å²) in [6, 6.07) is 0.205. The minimum absolute atomic E-state index is 0.0362. The molecule has 94 valence electrons. The lowest BCUT2D eigenvalue weighted by Gasteiger charge is -2.18. The van der Waals surface area contributed by atoms with E-state index in [1.807, 2.05) is 6.92 Å². The topological polar surface area (TPSA) is 57.8 Å². The van der Waals surface area contributed by atoms with Gasteiger partial charge in [0.1, 0.15) is 0 Å². The van der Waals surface area contributed by atoms with Crippen LogP contribution in [-0.4, -0.2) is 22.1 Å². The molecule has 2 N–H and O–H groups in total. The van der Waals surface area contributed by atoms with Gasteiger partial charge in [0, 0.05) is 17.3 Å². The molecule has 0 aliphatic heterocycles. The van der Waals surface area contributed by atoms with E-state index in [-0.39, 0.29) is 11.9 Å². The SMILES string of the molecule is CC[C@@H](C)NC(=O)c1n[nH]c2c1C[C@@H](C)CC2. The molecule has 1 aliphatic carbocycles. The largest absolute Gasteiger partial charge is 0.348 e. The summed E-state index contributed by atoms with van der Waals surface area (Å²) in [5.41, 5.74) is 2.88. The van der Waals surface area contributed by atoms with Gasteiger partial charge in [0.2, 0.25) is 0 Å². The molecular formula is C13H21N3O. The van der Waals surface area contributed by atoms with Crippen molar-refractivity contribution < 1.29 is 4.79 Å². The molecule has 0 spiro atoms. The van der Waals surface area contributed by atoms with E-state index in [2.05, 4.69) is 29.4 Å². The van der Waals surface area contributed by atoms with Crippen molar-refractivity contribution >= 4 is 5.91 Å². The molecule has 4 nitrogen and oxygen atoms in total. The molecule has 4 heteroatoms. The number of carbonyl (C=O) groups excluding carboxylic acids is 1. The number of nitrogens with one attached hydrogen (secondary N) is 2. The molecule has 2 rings (SSSR count). The highest BCUT2D eigenvalue weighted by molar-refractivity contribution is 5.94. The first-order chi connectivity index (χ1) is 8.11. The number of aryl methyl sites for hydroxylation is 1. The summed E-state index contributed by atoms with van der Waals surface area (Å²) in [6.45, 7) is 6.30. The standard InChI is InChI=1S/C13H21N3O/c1-4-9(3)14-13(17)12-10-7-8(2)5-6-11(10)15-16-12/h8-9H,4-7H2,1-3H3,(H,14,17)(H,15,16)/t8-,9+/m0/s1. The van der Waals surface area contributed by atoms with Gasteiger partial charge in [-0.3, -0.25) is 9.89 Å². The van der Waals surface area contributed by atoms with Crippen LogP contribution in [0, 0.1) is 5.92 Å². The Kier molecular flexibility index (Phi) is 3.50. The predicted molar refractivity (Wildman–Crippen MR) is 67.0 cm³/mol. The minimum Gasteiger partial charge on any atom is -0.348 e. The lowest BCUT2D eigenvalue weighted by Crippen LogP contribution is -2.33. The number of carbonyl (C=O) groups is 1.